The van der Waals surface area contributed by atoms with Gasteiger partial charge in [-0.25, -0.2) is 0 Å². The highest BCUT2D eigenvalue weighted by molar-refractivity contribution is 5.92. The molecule has 5 heteroatoms. The Balaban J connectivity index is 2.87. The van der Waals surface area contributed by atoms with Crippen molar-refractivity contribution in [1.29, 1.82) is 0 Å². The molecule has 20 heavy (non-hydrogen) atoms. The van der Waals surface area contributed by atoms with Crippen LogP contribution in [-0.4, -0.2) is 35.0 Å². The predicted molar refractivity (Wildman–Crippen MR) is 75.8 cm³/mol. The van der Waals surface area contributed by atoms with Crippen molar-refractivity contribution in [3.63, 3.8) is 0 Å². The summed E-state index contributed by atoms with van der Waals surface area (Å²) in [6, 6.07) is 1.73. The summed E-state index contributed by atoms with van der Waals surface area (Å²) in [5.74, 6) is 0.232. The molecule has 1 heterocycles. The van der Waals surface area contributed by atoms with Crippen molar-refractivity contribution >= 4 is 11.9 Å². The molecule has 1 aromatic heterocycles. The number of hydrogen-bond acceptors (Lipinski definition) is 3. The number of nitrogens with zero attached hydrogens (tertiary/aromatic N) is 1. The highest BCUT2D eigenvalue weighted by atomic mass is 16.4. The van der Waals surface area contributed by atoms with Crippen LogP contribution in [0.1, 0.15) is 49.1 Å². The first-order valence-electron chi connectivity index (χ1n) is 6.95. The van der Waals surface area contributed by atoms with Crippen molar-refractivity contribution in [3.8, 4) is 0 Å². The van der Waals surface area contributed by atoms with E-state index in [9.17, 15) is 9.59 Å². The van der Waals surface area contributed by atoms with Crippen molar-refractivity contribution in [1.82, 2.24) is 4.90 Å². The standard InChI is InChI=1S/C15H23NO4/c1-5-12-11(4)8-13(20-12)15(19)16(9-10(2)3)7-6-14(17)18/h8,10H,5-7,9H2,1-4H3,(H,17,18). The number of carboxylic acids is 1. The number of furan rings is 1. The molecule has 0 aromatic carbocycles. The molecule has 0 aliphatic heterocycles. The lowest BCUT2D eigenvalue weighted by Gasteiger charge is -2.22. The fourth-order valence-electron chi connectivity index (χ4n) is 2.08. The van der Waals surface area contributed by atoms with E-state index >= 15 is 0 Å². The van der Waals surface area contributed by atoms with E-state index in [4.69, 9.17) is 9.52 Å². The second-order valence-corrected chi connectivity index (χ2v) is 5.36. The molecular formula is C15H23NO4. The smallest absolute Gasteiger partial charge is 0.305 e. The van der Waals surface area contributed by atoms with Crippen LogP contribution in [0.5, 0.6) is 0 Å². The Bertz CT molecular complexity index is 476. The minimum atomic E-state index is -0.906. The van der Waals surface area contributed by atoms with Crippen molar-refractivity contribution in [2.75, 3.05) is 13.1 Å². The summed E-state index contributed by atoms with van der Waals surface area (Å²) in [5, 5.41) is 8.77. The third-order valence-corrected chi connectivity index (χ3v) is 3.02. The average Bonchev–Trinajstić information content (AvgIpc) is 2.74. The number of rotatable bonds is 7. The summed E-state index contributed by atoms with van der Waals surface area (Å²) in [6.07, 6.45) is 0.678. The number of aryl methyl sites for hydroxylation is 2. The van der Waals surface area contributed by atoms with E-state index in [1.54, 1.807) is 11.0 Å². The maximum absolute atomic E-state index is 12.4. The maximum atomic E-state index is 12.4. The zero-order chi connectivity index (χ0) is 15.3. The van der Waals surface area contributed by atoms with Crippen LogP contribution in [0, 0.1) is 12.8 Å². The van der Waals surface area contributed by atoms with Gasteiger partial charge in [-0.15, -0.1) is 0 Å². The first-order chi connectivity index (χ1) is 9.35. The molecule has 0 bridgehead atoms. The molecule has 0 spiro atoms. The second-order valence-electron chi connectivity index (χ2n) is 5.36. The van der Waals surface area contributed by atoms with Crippen LogP contribution in [0.15, 0.2) is 10.5 Å². The Kier molecular flexibility index (Phi) is 5.80. The molecule has 1 rings (SSSR count). The van der Waals surface area contributed by atoms with E-state index in [-0.39, 0.29) is 24.8 Å². The van der Waals surface area contributed by atoms with Crippen molar-refractivity contribution < 1.29 is 19.1 Å². The van der Waals surface area contributed by atoms with Gasteiger partial charge >= 0.3 is 5.97 Å². The molecule has 0 fully saturated rings. The van der Waals surface area contributed by atoms with Crippen molar-refractivity contribution in [2.24, 2.45) is 5.92 Å². The summed E-state index contributed by atoms with van der Waals surface area (Å²) in [4.78, 5) is 24.7. The van der Waals surface area contributed by atoms with Crippen LogP contribution in [-0.2, 0) is 11.2 Å². The Hall–Kier alpha value is -1.78. The number of carbonyl (C=O) groups excluding carboxylic acids is 1. The summed E-state index contributed by atoms with van der Waals surface area (Å²) >= 11 is 0. The molecule has 1 N–H and O–H groups in total. The van der Waals surface area contributed by atoms with Gasteiger partial charge in [0.2, 0.25) is 0 Å². The second kappa shape index (κ2) is 7.12. The minimum Gasteiger partial charge on any atom is -0.481 e. The molecule has 1 amide bonds. The summed E-state index contributed by atoms with van der Waals surface area (Å²) < 4.78 is 5.56. The minimum absolute atomic E-state index is 0.0568. The van der Waals surface area contributed by atoms with E-state index in [0.29, 0.717) is 12.3 Å². The average molecular weight is 281 g/mol. The van der Waals surface area contributed by atoms with Gasteiger partial charge in [0, 0.05) is 19.5 Å². The molecular weight excluding hydrogens is 258 g/mol. The summed E-state index contributed by atoms with van der Waals surface area (Å²) in [7, 11) is 0. The van der Waals surface area contributed by atoms with Gasteiger partial charge in [-0.05, 0) is 24.5 Å². The molecule has 0 radical (unpaired) electrons. The van der Waals surface area contributed by atoms with Crippen LogP contribution >= 0.6 is 0 Å². The van der Waals surface area contributed by atoms with Gasteiger partial charge in [-0.3, -0.25) is 9.59 Å². The Morgan fingerprint density at radius 3 is 2.50 bits per heavy atom. The maximum Gasteiger partial charge on any atom is 0.305 e. The fraction of sp³-hybridized carbons (Fsp3) is 0.600. The van der Waals surface area contributed by atoms with Crippen LogP contribution in [0.4, 0.5) is 0 Å². The van der Waals surface area contributed by atoms with E-state index < -0.39 is 5.97 Å². The monoisotopic (exact) mass is 281 g/mol. The number of hydrogen-bond donors (Lipinski definition) is 1. The number of carbonyl (C=O) groups is 2. The highest BCUT2D eigenvalue weighted by Crippen LogP contribution is 2.17. The first kappa shape index (κ1) is 16.3. The molecule has 0 aliphatic rings. The third kappa shape index (κ3) is 4.40. The molecule has 0 saturated carbocycles. The molecule has 112 valence electrons. The Morgan fingerprint density at radius 2 is 2.05 bits per heavy atom. The Morgan fingerprint density at radius 1 is 1.40 bits per heavy atom. The summed E-state index contributed by atoms with van der Waals surface area (Å²) in [6.45, 7) is 8.58. The lowest BCUT2D eigenvalue weighted by atomic mass is 10.2. The van der Waals surface area contributed by atoms with Gasteiger partial charge < -0.3 is 14.4 Å². The normalized spacial score (nSPS) is 10.8. The van der Waals surface area contributed by atoms with E-state index in [2.05, 4.69) is 0 Å². The predicted octanol–water partition coefficient (Wildman–Crippen LogP) is 2.72. The topological polar surface area (TPSA) is 70.8 Å². The van der Waals surface area contributed by atoms with Crippen molar-refractivity contribution in [2.45, 2.75) is 40.5 Å². The third-order valence-electron chi connectivity index (χ3n) is 3.02. The number of amides is 1. The molecule has 0 unspecified atom stereocenters. The highest BCUT2D eigenvalue weighted by Gasteiger charge is 2.21. The summed E-state index contributed by atoms with van der Waals surface area (Å²) in [5.41, 5.74) is 0.957. The van der Waals surface area contributed by atoms with Crippen LogP contribution in [0.3, 0.4) is 0 Å². The van der Waals surface area contributed by atoms with E-state index in [0.717, 1.165) is 17.7 Å². The molecule has 0 atom stereocenters. The zero-order valence-corrected chi connectivity index (χ0v) is 12.6. The lowest BCUT2D eigenvalue weighted by molar-refractivity contribution is -0.137. The van der Waals surface area contributed by atoms with Gasteiger partial charge in [0.15, 0.2) is 5.76 Å². The van der Waals surface area contributed by atoms with Gasteiger partial charge in [-0.2, -0.15) is 0 Å². The van der Waals surface area contributed by atoms with Crippen LogP contribution in [0.25, 0.3) is 0 Å². The molecule has 5 nitrogen and oxygen atoms in total. The van der Waals surface area contributed by atoms with Crippen LogP contribution in [0.2, 0.25) is 0 Å². The molecule has 0 aliphatic carbocycles. The molecule has 0 saturated heterocycles. The number of carboxylic acid groups (broad SMARTS) is 1. The largest absolute Gasteiger partial charge is 0.481 e. The van der Waals surface area contributed by atoms with Gasteiger partial charge in [0.25, 0.3) is 5.91 Å². The van der Waals surface area contributed by atoms with Gasteiger partial charge in [0.1, 0.15) is 5.76 Å². The van der Waals surface area contributed by atoms with Crippen molar-refractivity contribution in [3.05, 3.63) is 23.2 Å². The van der Waals surface area contributed by atoms with E-state index in [1.807, 2.05) is 27.7 Å². The van der Waals surface area contributed by atoms with Crippen LogP contribution < -0.4 is 0 Å². The first-order valence-corrected chi connectivity index (χ1v) is 6.95. The number of aliphatic carboxylic acids is 1. The zero-order valence-electron chi connectivity index (χ0n) is 12.6. The lowest BCUT2D eigenvalue weighted by Crippen LogP contribution is -2.35. The quantitative estimate of drug-likeness (QED) is 0.834. The van der Waals surface area contributed by atoms with Gasteiger partial charge in [-0.1, -0.05) is 20.8 Å². The Labute approximate surface area is 119 Å². The van der Waals surface area contributed by atoms with Gasteiger partial charge in [0.05, 0.1) is 6.42 Å². The fourth-order valence-corrected chi connectivity index (χ4v) is 2.08. The molecule has 1 aromatic rings. The SMILES string of the molecule is CCc1oc(C(=O)N(CCC(=O)O)CC(C)C)cc1C. The van der Waals surface area contributed by atoms with E-state index in [1.165, 1.54) is 0 Å².